The first-order chi connectivity index (χ1) is 9.63. The summed E-state index contributed by atoms with van der Waals surface area (Å²) >= 11 is 0. The molecule has 106 valence electrons. The normalized spacial score (nSPS) is 19.2. The number of carbonyl (C=O) groups excluding carboxylic acids is 2. The Morgan fingerprint density at radius 2 is 2.15 bits per heavy atom. The highest BCUT2D eigenvalue weighted by atomic mass is 16.5. The molecule has 1 aliphatic heterocycles. The van der Waals surface area contributed by atoms with E-state index in [1.165, 1.54) is 5.01 Å². The predicted octanol–water partition coefficient (Wildman–Crippen LogP) is 0.838. The molecule has 1 saturated heterocycles. The summed E-state index contributed by atoms with van der Waals surface area (Å²) in [6.45, 7) is 2.34. The highest BCUT2D eigenvalue weighted by Crippen LogP contribution is 2.28. The van der Waals surface area contributed by atoms with Crippen LogP contribution in [0.5, 0.6) is 0 Å². The van der Waals surface area contributed by atoms with Gasteiger partial charge in [-0.15, -0.1) is 5.10 Å². The van der Waals surface area contributed by atoms with Crippen LogP contribution in [0.25, 0.3) is 0 Å². The summed E-state index contributed by atoms with van der Waals surface area (Å²) < 4.78 is 4.73. The van der Waals surface area contributed by atoms with Gasteiger partial charge in [0.15, 0.2) is 0 Å². The SMILES string of the molecule is CCOC(=O)/C(N)=N/N1CCC(c2ccccc2)C1=O. The summed E-state index contributed by atoms with van der Waals surface area (Å²) in [6.07, 6.45) is 0.655. The van der Waals surface area contributed by atoms with Gasteiger partial charge < -0.3 is 10.5 Å². The first-order valence-electron chi connectivity index (χ1n) is 6.51. The van der Waals surface area contributed by atoms with Crippen LogP contribution in [-0.2, 0) is 14.3 Å². The van der Waals surface area contributed by atoms with Crippen LogP contribution in [0, 0.1) is 0 Å². The van der Waals surface area contributed by atoms with E-state index in [0.29, 0.717) is 13.0 Å². The standard InChI is InChI=1S/C14H17N3O3/c1-2-20-14(19)12(15)16-17-9-8-11(13(17)18)10-6-4-3-5-7-10/h3-7,11H,2,8-9H2,1H3,(H2,15,16). The minimum atomic E-state index is -0.705. The van der Waals surface area contributed by atoms with Gasteiger partial charge in [-0.1, -0.05) is 30.3 Å². The molecule has 1 aromatic rings. The number of amidine groups is 1. The topological polar surface area (TPSA) is 85.0 Å². The molecule has 0 saturated carbocycles. The van der Waals surface area contributed by atoms with E-state index < -0.39 is 5.97 Å². The van der Waals surface area contributed by atoms with Gasteiger partial charge in [-0.2, -0.15) is 0 Å². The Bertz CT molecular complexity index is 528. The Morgan fingerprint density at radius 1 is 1.45 bits per heavy atom. The number of rotatable bonds is 3. The highest BCUT2D eigenvalue weighted by molar-refractivity contribution is 6.34. The molecular weight excluding hydrogens is 258 g/mol. The van der Waals surface area contributed by atoms with E-state index >= 15 is 0 Å². The van der Waals surface area contributed by atoms with Crippen molar-refractivity contribution in [1.82, 2.24) is 5.01 Å². The quantitative estimate of drug-likeness (QED) is 0.503. The fourth-order valence-corrected chi connectivity index (χ4v) is 2.13. The number of carbonyl (C=O) groups is 2. The summed E-state index contributed by atoms with van der Waals surface area (Å²) in [5.41, 5.74) is 6.46. The van der Waals surface area contributed by atoms with Crippen molar-refractivity contribution in [2.45, 2.75) is 19.3 Å². The smallest absolute Gasteiger partial charge is 0.375 e. The maximum Gasteiger partial charge on any atom is 0.375 e. The molecule has 1 heterocycles. The zero-order valence-electron chi connectivity index (χ0n) is 11.3. The van der Waals surface area contributed by atoms with Gasteiger partial charge in [-0.05, 0) is 18.9 Å². The van der Waals surface area contributed by atoms with Crippen molar-refractivity contribution in [1.29, 1.82) is 0 Å². The largest absolute Gasteiger partial charge is 0.460 e. The lowest BCUT2D eigenvalue weighted by molar-refractivity contribution is -0.135. The first-order valence-corrected chi connectivity index (χ1v) is 6.51. The molecule has 1 atom stereocenters. The molecule has 2 rings (SSSR count). The van der Waals surface area contributed by atoms with Crippen LogP contribution in [0.4, 0.5) is 0 Å². The Kier molecular flexibility index (Phi) is 4.34. The van der Waals surface area contributed by atoms with Crippen molar-refractivity contribution in [2.24, 2.45) is 10.8 Å². The monoisotopic (exact) mass is 275 g/mol. The molecule has 0 aromatic heterocycles. The maximum absolute atomic E-state index is 12.2. The third kappa shape index (κ3) is 2.96. The van der Waals surface area contributed by atoms with Crippen LogP contribution in [0.3, 0.4) is 0 Å². The molecule has 20 heavy (non-hydrogen) atoms. The second-order valence-electron chi connectivity index (χ2n) is 4.42. The highest BCUT2D eigenvalue weighted by Gasteiger charge is 2.33. The van der Waals surface area contributed by atoms with Gasteiger partial charge in [0.25, 0.3) is 0 Å². The van der Waals surface area contributed by atoms with Crippen molar-refractivity contribution < 1.29 is 14.3 Å². The van der Waals surface area contributed by atoms with Crippen molar-refractivity contribution in [3.8, 4) is 0 Å². The second kappa shape index (κ2) is 6.18. The lowest BCUT2D eigenvalue weighted by Gasteiger charge is -2.11. The maximum atomic E-state index is 12.2. The molecular formula is C14H17N3O3. The molecule has 0 bridgehead atoms. The average Bonchev–Trinajstić information content (AvgIpc) is 2.81. The van der Waals surface area contributed by atoms with E-state index in [0.717, 1.165) is 5.56 Å². The van der Waals surface area contributed by atoms with Gasteiger partial charge in [0.2, 0.25) is 11.7 Å². The number of nitrogens with two attached hydrogens (primary N) is 1. The van der Waals surface area contributed by atoms with Crippen LogP contribution >= 0.6 is 0 Å². The van der Waals surface area contributed by atoms with E-state index in [1.807, 2.05) is 30.3 Å². The minimum Gasteiger partial charge on any atom is -0.460 e. The number of benzene rings is 1. The van der Waals surface area contributed by atoms with E-state index in [2.05, 4.69) is 5.10 Å². The van der Waals surface area contributed by atoms with Gasteiger partial charge in [0.1, 0.15) is 0 Å². The summed E-state index contributed by atoms with van der Waals surface area (Å²) in [4.78, 5) is 23.6. The van der Waals surface area contributed by atoms with Gasteiger partial charge in [-0.3, -0.25) is 4.79 Å². The van der Waals surface area contributed by atoms with E-state index in [1.54, 1.807) is 6.92 Å². The molecule has 1 aromatic carbocycles. The van der Waals surface area contributed by atoms with Gasteiger partial charge >= 0.3 is 5.97 Å². The zero-order valence-corrected chi connectivity index (χ0v) is 11.3. The number of hydrazone groups is 1. The number of nitrogens with zero attached hydrogens (tertiary/aromatic N) is 2. The third-order valence-electron chi connectivity index (χ3n) is 3.10. The van der Waals surface area contributed by atoms with Crippen molar-refractivity contribution >= 4 is 17.7 Å². The lowest BCUT2D eigenvalue weighted by atomic mass is 9.98. The van der Waals surface area contributed by atoms with Gasteiger partial charge in [0, 0.05) is 6.54 Å². The lowest BCUT2D eigenvalue weighted by Crippen LogP contribution is -2.31. The Balaban J connectivity index is 2.08. The summed E-state index contributed by atoms with van der Waals surface area (Å²) in [5, 5.41) is 5.09. The first kappa shape index (κ1) is 14.0. The molecule has 2 N–H and O–H groups in total. The molecule has 1 aliphatic rings. The minimum absolute atomic E-state index is 0.150. The van der Waals surface area contributed by atoms with E-state index in [-0.39, 0.29) is 24.3 Å². The average molecular weight is 275 g/mol. The zero-order chi connectivity index (χ0) is 14.5. The Labute approximate surface area is 117 Å². The fraction of sp³-hybridized carbons (Fsp3) is 0.357. The predicted molar refractivity (Wildman–Crippen MR) is 73.8 cm³/mol. The Morgan fingerprint density at radius 3 is 2.80 bits per heavy atom. The molecule has 0 radical (unpaired) electrons. The fourth-order valence-electron chi connectivity index (χ4n) is 2.13. The molecule has 6 nitrogen and oxygen atoms in total. The number of amides is 1. The number of hydrogen-bond donors (Lipinski definition) is 1. The molecule has 0 aliphatic carbocycles. The summed E-state index contributed by atoms with van der Waals surface area (Å²) in [6, 6.07) is 9.50. The van der Waals surface area contributed by atoms with Crippen LogP contribution in [-0.4, -0.2) is 35.9 Å². The van der Waals surface area contributed by atoms with Crippen LogP contribution in [0.2, 0.25) is 0 Å². The van der Waals surface area contributed by atoms with Crippen molar-refractivity contribution in [2.75, 3.05) is 13.2 Å². The number of ether oxygens (including phenoxy) is 1. The van der Waals surface area contributed by atoms with Crippen molar-refractivity contribution in [3.05, 3.63) is 35.9 Å². The van der Waals surface area contributed by atoms with Crippen LogP contribution in [0.15, 0.2) is 35.4 Å². The van der Waals surface area contributed by atoms with Crippen LogP contribution < -0.4 is 5.73 Å². The van der Waals surface area contributed by atoms with Gasteiger partial charge in [0.05, 0.1) is 12.5 Å². The second-order valence-corrected chi connectivity index (χ2v) is 4.42. The molecule has 1 amide bonds. The van der Waals surface area contributed by atoms with E-state index in [9.17, 15) is 9.59 Å². The number of hydrogen-bond acceptors (Lipinski definition) is 4. The molecule has 0 spiro atoms. The van der Waals surface area contributed by atoms with Crippen LogP contribution in [0.1, 0.15) is 24.8 Å². The Hall–Kier alpha value is -2.37. The van der Waals surface area contributed by atoms with E-state index in [4.69, 9.17) is 10.5 Å². The molecule has 1 fully saturated rings. The molecule has 1 unspecified atom stereocenters. The van der Waals surface area contributed by atoms with Gasteiger partial charge in [-0.25, -0.2) is 9.80 Å². The number of esters is 1. The van der Waals surface area contributed by atoms with Crippen molar-refractivity contribution in [3.63, 3.8) is 0 Å². The summed E-state index contributed by atoms with van der Waals surface area (Å²) in [7, 11) is 0. The molecule has 6 heteroatoms. The summed E-state index contributed by atoms with van der Waals surface area (Å²) in [5.74, 6) is -1.38. The third-order valence-corrected chi connectivity index (χ3v) is 3.10.